The topological polar surface area (TPSA) is 40.5 Å². The summed E-state index contributed by atoms with van der Waals surface area (Å²) < 4.78 is 1.12. The largest absolute Gasteiger partial charge is 0.389 e. The van der Waals surface area contributed by atoms with Gasteiger partial charge >= 0.3 is 0 Å². The Morgan fingerprint density at radius 3 is 2.73 bits per heavy atom. The first-order valence-electron chi connectivity index (χ1n) is 4.67. The summed E-state index contributed by atoms with van der Waals surface area (Å²) in [6, 6.07) is 7.85. The van der Waals surface area contributed by atoms with Crippen LogP contribution in [0.3, 0.4) is 0 Å². The second-order valence-electron chi connectivity index (χ2n) is 3.38. The molecular formula is C11H12O2S2. The van der Waals surface area contributed by atoms with E-state index in [-0.39, 0.29) is 5.75 Å². The molecule has 0 aliphatic heterocycles. The Balaban J connectivity index is 2.43. The van der Waals surface area contributed by atoms with Gasteiger partial charge in [0, 0.05) is 16.0 Å². The summed E-state index contributed by atoms with van der Waals surface area (Å²) in [5.41, 5.74) is 0.789. The molecular weight excluding hydrogens is 228 g/mol. The molecule has 4 heteroatoms. The molecule has 0 saturated carbocycles. The zero-order valence-corrected chi connectivity index (χ0v) is 9.71. The fourth-order valence-electron chi connectivity index (χ4n) is 1.53. The minimum atomic E-state index is -0.848. The number of hydrogen-bond acceptors (Lipinski definition) is 4. The van der Waals surface area contributed by atoms with Crippen molar-refractivity contribution in [3.05, 3.63) is 35.2 Å². The number of fused-ring (bicyclic) bond motifs is 1. The van der Waals surface area contributed by atoms with Crippen LogP contribution in [-0.2, 0) is 0 Å². The molecule has 2 aromatic rings. The van der Waals surface area contributed by atoms with Gasteiger partial charge in [-0.25, -0.2) is 0 Å². The summed E-state index contributed by atoms with van der Waals surface area (Å²) in [6.07, 6.45) is -1.66. The minimum absolute atomic E-state index is 0.255. The maximum atomic E-state index is 9.88. The van der Waals surface area contributed by atoms with Gasteiger partial charge in [0.1, 0.15) is 6.10 Å². The Morgan fingerprint density at radius 1 is 1.27 bits per heavy atom. The van der Waals surface area contributed by atoms with Gasteiger partial charge in [-0.2, -0.15) is 12.6 Å². The Morgan fingerprint density at radius 2 is 2.00 bits per heavy atom. The van der Waals surface area contributed by atoms with Crippen molar-refractivity contribution >= 4 is 34.1 Å². The number of aliphatic hydroxyl groups is 2. The minimum Gasteiger partial charge on any atom is -0.389 e. The first-order valence-corrected chi connectivity index (χ1v) is 6.18. The lowest BCUT2D eigenvalue weighted by atomic mass is 10.0. The van der Waals surface area contributed by atoms with Crippen molar-refractivity contribution in [2.75, 3.05) is 5.75 Å². The average Bonchev–Trinajstić information content (AvgIpc) is 2.70. The summed E-state index contributed by atoms with van der Waals surface area (Å²) >= 11 is 5.55. The predicted molar refractivity (Wildman–Crippen MR) is 66.6 cm³/mol. The van der Waals surface area contributed by atoms with Crippen molar-refractivity contribution < 1.29 is 10.2 Å². The van der Waals surface area contributed by atoms with Crippen LogP contribution in [0, 0.1) is 0 Å². The number of benzene rings is 1. The van der Waals surface area contributed by atoms with Crippen LogP contribution >= 0.6 is 24.0 Å². The molecule has 2 nitrogen and oxygen atoms in total. The van der Waals surface area contributed by atoms with Crippen molar-refractivity contribution in [3.63, 3.8) is 0 Å². The van der Waals surface area contributed by atoms with Crippen LogP contribution in [-0.4, -0.2) is 22.1 Å². The van der Waals surface area contributed by atoms with Crippen LogP contribution in [0.4, 0.5) is 0 Å². The molecule has 2 atom stereocenters. The molecule has 15 heavy (non-hydrogen) atoms. The molecule has 1 aromatic carbocycles. The molecule has 2 rings (SSSR count). The monoisotopic (exact) mass is 240 g/mol. The molecule has 0 bridgehead atoms. The summed E-state index contributed by atoms with van der Waals surface area (Å²) in [6.45, 7) is 0. The highest BCUT2D eigenvalue weighted by atomic mass is 32.1. The Bertz CT molecular complexity index is 453. The van der Waals surface area contributed by atoms with Crippen molar-refractivity contribution in [1.82, 2.24) is 0 Å². The molecule has 0 spiro atoms. The molecule has 1 aromatic heterocycles. The lowest BCUT2D eigenvalue weighted by Crippen LogP contribution is -2.19. The van der Waals surface area contributed by atoms with Gasteiger partial charge in [-0.05, 0) is 16.8 Å². The molecule has 0 fully saturated rings. The maximum absolute atomic E-state index is 9.88. The number of rotatable bonds is 3. The van der Waals surface area contributed by atoms with Crippen LogP contribution in [0.2, 0.25) is 0 Å². The van der Waals surface area contributed by atoms with Gasteiger partial charge in [0.25, 0.3) is 0 Å². The lowest BCUT2D eigenvalue weighted by Gasteiger charge is -2.14. The summed E-state index contributed by atoms with van der Waals surface area (Å²) in [4.78, 5) is 0. The van der Waals surface area contributed by atoms with Crippen LogP contribution in [0.15, 0.2) is 29.6 Å². The molecule has 2 unspecified atom stereocenters. The van der Waals surface area contributed by atoms with Crippen LogP contribution in [0.1, 0.15) is 11.7 Å². The van der Waals surface area contributed by atoms with Gasteiger partial charge in [-0.15, -0.1) is 11.3 Å². The molecule has 0 aliphatic rings. The fourth-order valence-corrected chi connectivity index (χ4v) is 2.72. The van der Waals surface area contributed by atoms with E-state index in [9.17, 15) is 10.2 Å². The maximum Gasteiger partial charge on any atom is 0.107 e. The zero-order chi connectivity index (χ0) is 10.8. The smallest absolute Gasteiger partial charge is 0.107 e. The van der Waals surface area contributed by atoms with E-state index in [0.29, 0.717) is 0 Å². The van der Waals surface area contributed by atoms with E-state index >= 15 is 0 Å². The Hall–Kier alpha value is -0.550. The van der Waals surface area contributed by atoms with Gasteiger partial charge in [0.15, 0.2) is 0 Å². The highest BCUT2D eigenvalue weighted by molar-refractivity contribution is 7.80. The SMILES string of the molecule is OC(CS)C(O)c1csc2ccccc12. The van der Waals surface area contributed by atoms with Crippen molar-refractivity contribution in [3.8, 4) is 0 Å². The highest BCUT2D eigenvalue weighted by Gasteiger charge is 2.19. The third kappa shape index (κ3) is 2.03. The van der Waals surface area contributed by atoms with Crippen LogP contribution < -0.4 is 0 Å². The Kier molecular flexibility index (Phi) is 3.31. The van der Waals surface area contributed by atoms with E-state index in [1.165, 1.54) is 0 Å². The average molecular weight is 240 g/mol. The normalized spacial score (nSPS) is 15.4. The summed E-state index contributed by atoms with van der Waals surface area (Å²) in [5.74, 6) is 0.255. The number of aliphatic hydroxyl groups excluding tert-OH is 2. The summed E-state index contributed by atoms with van der Waals surface area (Å²) in [7, 11) is 0. The third-order valence-corrected chi connectivity index (χ3v) is 3.74. The van der Waals surface area contributed by atoms with Crippen molar-refractivity contribution in [2.45, 2.75) is 12.2 Å². The van der Waals surface area contributed by atoms with E-state index in [2.05, 4.69) is 12.6 Å². The lowest BCUT2D eigenvalue weighted by molar-refractivity contribution is 0.0349. The number of hydrogen-bond donors (Lipinski definition) is 3. The molecule has 2 N–H and O–H groups in total. The van der Waals surface area contributed by atoms with E-state index < -0.39 is 12.2 Å². The second kappa shape index (κ2) is 4.53. The first-order chi connectivity index (χ1) is 7.24. The van der Waals surface area contributed by atoms with E-state index in [1.807, 2.05) is 29.6 Å². The van der Waals surface area contributed by atoms with Crippen LogP contribution in [0.25, 0.3) is 10.1 Å². The first kappa shape index (κ1) is 11.0. The van der Waals surface area contributed by atoms with E-state index in [0.717, 1.165) is 15.6 Å². The molecule has 0 saturated heterocycles. The van der Waals surface area contributed by atoms with Crippen LogP contribution in [0.5, 0.6) is 0 Å². The van der Waals surface area contributed by atoms with Crippen molar-refractivity contribution in [1.29, 1.82) is 0 Å². The highest BCUT2D eigenvalue weighted by Crippen LogP contribution is 2.31. The van der Waals surface area contributed by atoms with Gasteiger partial charge in [0.05, 0.1) is 6.10 Å². The zero-order valence-electron chi connectivity index (χ0n) is 8.00. The van der Waals surface area contributed by atoms with E-state index in [4.69, 9.17) is 0 Å². The second-order valence-corrected chi connectivity index (χ2v) is 4.66. The van der Waals surface area contributed by atoms with Gasteiger partial charge < -0.3 is 10.2 Å². The quantitative estimate of drug-likeness (QED) is 0.720. The molecule has 0 amide bonds. The molecule has 1 heterocycles. The summed E-state index contributed by atoms with van der Waals surface area (Å²) in [5, 5.41) is 22.3. The van der Waals surface area contributed by atoms with Gasteiger partial charge in [-0.3, -0.25) is 0 Å². The third-order valence-electron chi connectivity index (χ3n) is 2.38. The van der Waals surface area contributed by atoms with Gasteiger partial charge in [0.2, 0.25) is 0 Å². The molecule has 0 radical (unpaired) electrons. The molecule has 80 valence electrons. The Labute approximate surface area is 97.6 Å². The number of thiophene rings is 1. The predicted octanol–water partition coefficient (Wildman–Crippen LogP) is 2.23. The number of thiol groups is 1. The van der Waals surface area contributed by atoms with Crippen molar-refractivity contribution in [2.24, 2.45) is 0 Å². The van der Waals surface area contributed by atoms with E-state index in [1.54, 1.807) is 11.3 Å². The van der Waals surface area contributed by atoms with Gasteiger partial charge in [-0.1, -0.05) is 18.2 Å². The standard InChI is InChI=1S/C11H12O2S2/c12-9(5-14)11(13)8-6-15-10-4-2-1-3-7(8)10/h1-4,6,9,11-14H,5H2. The molecule has 0 aliphatic carbocycles. The fraction of sp³-hybridized carbons (Fsp3) is 0.273.